The standard InChI is InChI=1S/C17H20N4O2.C12H18O2.2C4H10.C2H6/c1-5-12(16(18)23)17(19-11(3)4)21-14-10-8-7-9-13(14)20-15(22)6-2;1-4-5-8-14-11-7-6-10(2)12(9-11)13-3;2*1-3-4-2;1-2/h5-10H,2-3H2,1,4H3,(H2,18,23)(H,19,21)(H,20,22);6-7,9H,4-5,8H2,1-3H3;2*3-4H2,1-2H3;1-2H3/b12-5-;;;;. The number of aryl methyl sites for hydroxylation is 1. The summed E-state index contributed by atoms with van der Waals surface area (Å²) >= 11 is 0. The fourth-order valence-electron chi connectivity index (χ4n) is 2.96. The highest BCUT2D eigenvalue weighted by atomic mass is 16.5. The highest BCUT2D eigenvalue weighted by Crippen LogP contribution is 2.25. The van der Waals surface area contributed by atoms with Crippen LogP contribution in [-0.4, -0.2) is 31.4 Å². The number of ether oxygens (including phenoxy) is 2. The van der Waals surface area contributed by atoms with Crippen LogP contribution in [0.15, 0.2) is 84.0 Å². The Labute approximate surface area is 286 Å². The predicted molar refractivity (Wildman–Crippen MR) is 204 cm³/mol. The summed E-state index contributed by atoms with van der Waals surface area (Å²) in [7, 11) is 1.68. The van der Waals surface area contributed by atoms with E-state index in [0.29, 0.717) is 17.1 Å². The molecule has 0 aromatic heterocycles. The number of carbonyl (C=O) groups is 2. The molecule has 0 aliphatic carbocycles. The third-order valence-electron chi connectivity index (χ3n) is 5.87. The second kappa shape index (κ2) is 31.6. The number of allylic oxidation sites excluding steroid dienone is 2. The van der Waals surface area contributed by atoms with Crippen LogP contribution in [0.1, 0.15) is 106 Å². The van der Waals surface area contributed by atoms with E-state index in [0.717, 1.165) is 42.6 Å². The number of nitrogens with zero attached hydrogens (tertiary/aromatic N) is 1. The molecule has 2 aromatic rings. The fraction of sp³-hybridized carbons (Fsp3) is 0.462. The van der Waals surface area contributed by atoms with Crippen LogP contribution >= 0.6 is 0 Å². The summed E-state index contributed by atoms with van der Waals surface area (Å²) in [6.45, 7) is 28.2. The molecule has 0 heterocycles. The van der Waals surface area contributed by atoms with Crippen molar-refractivity contribution in [3.63, 3.8) is 0 Å². The number of para-hydroxylation sites is 2. The van der Waals surface area contributed by atoms with E-state index >= 15 is 0 Å². The molecule has 4 N–H and O–H groups in total. The Hall–Kier alpha value is -4.33. The molecule has 0 aliphatic heterocycles. The van der Waals surface area contributed by atoms with Gasteiger partial charge in [-0.25, -0.2) is 4.99 Å². The smallest absolute Gasteiger partial charge is 0.252 e. The summed E-state index contributed by atoms with van der Waals surface area (Å²) in [6, 6.07) is 12.8. The summed E-state index contributed by atoms with van der Waals surface area (Å²) < 4.78 is 10.8. The maximum Gasteiger partial charge on any atom is 0.252 e. The molecular formula is C39H64N4O4. The van der Waals surface area contributed by atoms with Gasteiger partial charge in [-0.05, 0) is 57.0 Å². The van der Waals surface area contributed by atoms with Crippen LogP contribution in [-0.2, 0) is 9.59 Å². The summed E-state index contributed by atoms with van der Waals surface area (Å²) in [4.78, 5) is 27.5. The Morgan fingerprint density at radius 3 is 1.98 bits per heavy atom. The minimum Gasteiger partial charge on any atom is -0.496 e. The molecule has 0 aliphatic rings. The number of amides is 2. The molecule has 2 aromatic carbocycles. The molecule has 2 rings (SSSR count). The van der Waals surface area contributed by atoms with Gasteiger partial charge < -0.3 is 25.8 Å². The Bertz CT molecular complexity index is 1210. The Balaban J connectivity index is -0.000000680. The number of carbonyl (C=O) groups excluding carboxylic acids is 2. The number of unbranched alkanes of at least 4 members (excludes halogenated alkanes) is 3. The molecule has 0 radical (unpaired) electrons. The van der Waals surface area contributed by atoms with Crippen LogP contribution in [0, 0.1) is 6.92 Å². The second-order valence-electron chi connectivity index (χ2n) is 9.98. The predicted octanol–water partition coefficient (Wildman–Crippen LogP) is 10.2. The number of hydrogen-bond acceptors (Lipinski definition) is 5. The van der Waals surface area contributed by atoms with Crippen LogP contribution in [0.4, 0.5) is 11.4 Å². The Kier molecular flexibility index (Phi) is 31.7. The molecule has 8 heteroatoms. The minimum atomic E-state index is -0.618. The van der Waals surface area contributed by atoms with E-state index in [1.807, 2.05) is 39.0 Å². The van der Waals surface area contributed by atoms with E-state index in [9.17, 15) is 9.59 Å². The van der Waals surface area contributed by atoms with E-state index in [2.05, 4.69) is 63.4 Å². The van der Waals surface area contributed by atoms with Crippen LogP contribution in [0.5, 0.6) is 11.5 Å². The van der Waals surface area contributed by atoms with E-state index in [4.69, 9.17) is 15.2 Å². The first kappa shape index (κ1) is 47.1. The lowest BCUT2D eigenvalue weighted by Gasteiger charge is -2.12. The van der Waals surface area contributed by atoms with Crippen molar-refractivity contribution in [1.29, 1.82) is 0 Å². The van der Waals surface area contributed by atoms with Crippen molar-refractivity contribution in [3.05, 3.63) is 84.6 Å². The lowest BCUT2D eigenvalue weighted by Crippen LogP contribution is -2.30. The topological polar surface area (TPSA) is 115 Å². The largest absolute Gasteiger partial charge is 0.496 e. The van der Waals surface area contributed by atoms with Crippen molar-refractivity contribution in [2.75, 3.05) is 19.0 Å². The third-order valence-corrected chi connectivity index (χ3v) is 5.87. The van der Waals surface area contributed by atoms with Crippen molar-refractivity contribution >= 4 is 29.0 Å². The molecular weight excluding hydrogens is 588 g/mol. The summed E-state index contributed by atoms with van der Waals surface area (Å²) in [5, 5.41) is 5.56. The minimum absolute atomic E-state index is 0.220. The maximum atomic E-state index is 11.6. The summed E-state index contributed by atoms with van der Waals surface area (Å²) in [6.07, 6.45) is 10.2. The summed E-state index contributed by atoms with van der Waals surface area (Å²) in [5.74, 6) is 1.06. The monoisotopic (exact) mass is 652 g/mol. The fourth-order valence-corrected chi connectivity index (χ4v) is 2.96. The number of nitrogens with one attached hydrogen (secondary N) is 2. The normalized spacial score (nSPS) is 10.0. The molecule has 264 valence electrons. The van der Waals surface area contributed by atoms with Gasteiger partial charge in [0.15, 0.2) is 0 Å². The van der Waals surface area contributed by atoms with Crippen LogP contribution in [0.3, 0.4) is 0 Å². The number of amidine groups is 1. The van der Waals surface area contributed by atoms with Crippen molar-refractivity contribution in [2.24, 2.45) is 10.7 Å². The summed E-state index contributed by atoms with van der Waals surface area (Å²) in [5.41, 5.74) is 8.28. The van der Waals surface area contributed by atoms with Crippen molar-refractivity contribution < 1.29 is 19.1 Å². The quantitative estimate of drug-likeness (QED) is 0.0862. The van der Waals surface area contributed by atoms with Gasteiger partial charge in [-0.3, -0.25) is 9.59 Å². The average Bonchev–Trinajstić information content (AvgIpc) is 3.07. The van der Waals surface area contributed by atoms with Crippen LogP contribution < -0.4 is 25.8 Å². The highest BCUT2D eigenvalue weighted by molar-refractivity contribution is 6.21. The second-order valence-corrected chi connectivity index (χ2v) is 9.98. The lowest BCUT2D eigenvalue weighted by atomic mass is 10.2. The lowest BCUT2D eigenvalue weighted by molar-refractivity contribution is -0.114. The molecule has 0 unspecified atom stereocenters. The number of nitrogens with two attached hydrogens (primary N) is 1. The van der Waals surface area contributed by atoms with Gasteiger partial charge in [-0.15, -0.1) is 0 Å². The first-order valence-electron chi connectivity index (χ1n) is 16.8. The molecule has 47 heavy (non-hydrogen) atoms. The molecule has 0 bridgehead atoms. The number of benzene rings is 2. The first-order valence-corrected chi connectivity index (χ1v) is 16.8. The average molecular weight is 653 g/mol. The van der Waals surface area contributed by atoms with E-state index in [1.165, 1.54) is 25.7 Å². The molecule has 0 atom stereocenters. The maximum absolute atomic E-state index is 11.6. The van der Waals surface area contributed by atoms with Crippen LogP contribution in [0.25, 0.3) is 0 Å². The zero-order valence-corrected chi connectivity index (χ0v) is 31.2. The Morgan fingerprint density at radius 2 is 1.53 bits per heavy atom. The molecule has 8 nitrogen and oxygen atoms in total. The van der Waals surface area contributed by atoms with Gasteiger partial charge in [0, 0.05) is 11.8 Å². The SMILES string of the molecule is C=CC(=O)Nc1ccccc1N=C(NC(=C)C)/C(=C\C)C(N)=O.CC.CCCC.CCCC.CCCCOc1ccc(C)c(OC)c1. The van der Waals surface area contributed by atoms with Gasteiger partial charge in [-0.2, -0.15) is 0 Å². The molecule has 0 saturated heterocycles. The zero-order chi connectivity index (χ0) is 36.6. The van der Waals surface area contributed by atoms with Gasteiger partial charge in [-0.1, -0.05) is 118 Å². The number of methoxy groups -OCH3 is 1. The third kappa shape index (κ3) is 23.6. The number of hydrogen-bond donors (Lipinski definition) is 3. The number of aliphatic imine (C=N–C) groups is 1. The number of primary amides is 1. The van der Waals surface area contributed by atoms with Crippen molar-refractivity contribution in [1.82, 2.24) is 5.32 Å². The highest BCUT2D eigenvalue weighted by Gasteiger charge is 2.14. The first-order chi connectivity index (χ1) is 22.5. The zero-order valence-electron chi connectivity index (χ0n) is 31.2. The van der Waals surface area contributed by atoms with Crippen molar-refractivity contribution in [3.8, 4) is 11.5 Å². The van der Waals surface area contributed by atoms with Gasteiger partial charge >= 0.3 is 0 Å². The number of anilines is 1. The number of rotatable bonds is 13. The van der Waals surface area contributed by atoms with Gasteiger partial charge in [0.25, 0.3) is 5.91 Å². The van der Waals surface area contributed by atoms with E-state index in [-0.39, 0.29) is 17.3 Å². The van der Waals surface area contributed by atoms with Crippen LogP contribution in [0.2, 0.25) is 0 Å². The van der Waals surface area contributed by atoms with E-state index < -0.39 is 5.91 Å². The van der Waals surface area contributed by atoms with Gasteiger partial charge in [0.05, 0.1) is 30.7 Å². The molecule has 0 fully saturated rings. The molecule has 0 saturated carbocycles. The molecule has 0 spiro atoms. The van der Waals surface area contributed by atoms with Gasteiger partial charge in [0.1, 0.15) is 17.3 Å². The van der Waals surface area contributed by atoms with E-state index in [1.54, 1.807) is 51.3 Å². The molecule has 2 amide bonds. The Morgan fingerprint density at radius 1 is 0.957 bits per heavy atom. The van der Waals surface area contributed by atoms with Crippen molar-refractivity contribution in [2.45, 2.75) is 108 Å². The van der Waals surface area contributed by atoms with Gasteiger partial charge in [0.2, 0.25) is 5.91 Å².